The molecule has 0 unspecified atom stereocenters. The van der Waals surface area contributed by atoms with E-state index < -0.39 is 5.60 Å². The molecule has 0 aliphatic carbocycles. The number of carbonyl (C=O) groups is 3. The Morgan fingerprint density at radius 3 is 2.47 bits per heavy atom. The summed E-state index contributed by atoms with van der Waals surface area (Å²) in [5.41, 5.74) is 0.772. The van der Waals surface area contributed by atoms with Gasteiger partial charge in [0.25, 0.3) is 0 Å². The third kappa shape index (κ3) is 5.45. The van der Waals surface area contributed by atoms with Gasteiger partial charge < -0.3 is 14.5 Å². The molecule has 0 spiro atoms. The normalized spacial score (nSPS) is 17.4. The summed E-state index contributed by atoms with van der Waals surface area (Å²) < 4.78 is 5.52. The Kier molecular flexibility index (Phi) is 7.17. The molecule has 2 aliphatic rings. The Bertz CT molecular complexity index is 937. The summed E-state index contributed by atoms with van der Waals surface area (Å²) in [4.78, 5) is 45.6. The van der Waals surface area contributed by atoms with E-state index in [0.29, 0.717) is 68.0 Å². The molecule has 32 heavy (non-hydrogen) atoms. The molecule has 0 atom stereocenters. The van der Waals surface area contributed by atoms with Crippen LogP contribution in [0.1, 0.15) is 81.4 Å². The standard InChI is InChI=1S/C24H32N4O4/c1-5-20(29)18-13-17(14-25)22(26-19(18)15-28-10-6-7-21(28)30)27-11-8-16(9-12-27)23(31)32-24(2,3)4/h13,16H,5-12,15H2,1-4H3. The summed E-state index contributed by atoms with van der Waals surface area (Å²) in [6.45, 7) is 9.39. The molecule has 0 N–H and O–H groups in total. The van der Waals surface area contributed by atoms with Crippen molar-refractivity contribution in [2.24, 2.45) is 5.92 Å². The van der Waals surface area contributed by atoms with Crippen molar-refractivity contribution >= 4 is 23.5 Å². The van der Waals surface area contributed by atoms with Crippen molar-refractivity contribution in [2.45, 2.75) is 71.9 Å². The van der Waals surface area contributed by atoms with Crippen LogP contribution in [-0.2, 0) is 20.9 Å². The Labute approximate surface area is 189 Å². The number of aromatic nitrogens is 1. The molecule has 8 heteroatoms. The van der Waals surface area contributed by atoms with Crippen LogP contribution >= 0.6 is 0 Å². The van der Waals surface area contributed by atoms with Gasteiger partial charge in [-0.1, -0.05) is 6.92 Å². The third-order valence-electron chi connectivity index (χ3n) is 5.87. The second-order valence-corrected chi connectivity index (χ2v) is 9.46. The number of nitriles is 1. The smallest absolute Gasteiger partial charge is 0.309 e. The molecule has 3 rings (SSSR count). The van der Waals surface area contributed by atoms with Gasteiger partial charge in [-0.2, -0.15) is 5.26 Å². The number of anilines is 1. The molecule has 8 nitrogen and oxygen atoms in total. The first-order valence-corrected chi connectivity index (χ1v) is 11.4. The van der Waals surface area contributed by atoms with Gasteiger partial charge in [-0.3, -0.25) is 14.4 Å². The van der Waals surface area contributed by atoms with E-state index in [4.69, 9.17) is 9.72 Å². The van der Waals surface area contributed by atoms with Crippen LogP contribution in [0.5, 0.6) is 0 Å². The molecule has 1 aromatic heterocycles. The largest absolute Gasteiger partial charge is 0.460 e. The topological polar surface area (TPSA) is 104 Å². The molecule has 0 saturated carbocycles. The van der Waals surface area contributed by atoms with Gasteiger partial charge in [0.05, 0.1) is 23.7 Å². The zero-order valence-electron chi connectivity index (χ0n) is 19.4. The molecule has 1 aromatic rings. The van der Waals surface area contributed by atoms with Crippen molar-refractivity contribution in [3.8, 4) is 6.07 Å². The molecule has 0 radical (unpaired) electrons. The minimum Gasteiger partial charge on any atom is -0.460 e. The fraction of sp³-hybridized carbons (Fsp3) is 0.625. The van der Waals surface area contributed by atoms with Gasteiger partial charge in [0.2, 0.25) is 5.91 Å². The summed E-state index contributed by atoms with van der Waals surface area (Å²) in [6, 6.07) is 3.79. The number of pyridine rings is 1. The van der Waals surface area contributed by atoms with E-state index in [0.717, 1.165) is 6.42 Å². The van der Waals surface area contributed by atoms with Crippen LogP contribution in [0.2, 0.25) is 0 Å². The number of rotatable bonds is 6. The lowest BCUT2D eigenvalue weighted by Crippen LogP contribution is -2.39. The molecule has 3 heterocycles. The highest BCUT2D eigenvalue weighted by Gasteiger charge is 2.31. The molecule has 172 valence electrons. The molecular weight excluding hydrogens is 408 g/mol. The van der Waals surface area contributed by atoms with Gasteiger partial charge >= 0.3 is 5.97 Å². The number of hydrogen-bond acceptors (Lipinski definition) is 7. The first kappa shape index (κ1) is 23.7. The van der Waals surface area contributed by atoms with Crippen LogP contribution in [0.25, 0.3) is 0 Å². The maximum Gasteiger partial charge on any atom is 0.309 e. The lowest BCUT2D eigenvalue weighted by Gasteiger charge is -2.34. The maximum atomic E-state index is 12.6. The summed E-state index contributed by atoms with van der Waals surface area (Å²) in [5.74, 6) is 0.113. The predicted molar refractivity (Wildman–Crippen MR) is 119 cm³/mol. The molecule has 2 saturated heterocycles. The lowest BCUT2D eigenvalue weighted by molar-refractivity contribution is -0.160. The predicted octanol–water partition coefficient (Wildman–Crippen LogP) is 3.23. The first-order chi connectivity index (χ1) is 15.1. The molecule has 0 bridgehead atoms. The van der Waals surface area contributed by atoms with Crippen LogP contribution in [0.3, 0.4) is 0 Å². The highest BCUT2D eigenvalue weighted by Crippen LogP contribution is 2.29. The quantitative estimate of drug-likeness (QED) is 0.494. The first-order valence-electron chi connectivity index (χ1n) is 11.4. The molecule has 2 fully saturated rings. The van der Waals surface area contributed by atoms with E-state index in [2.05, 4.69) is 6.07 Å². The fourth-order valence-corrected chi connectivity index (χ4v) is 4.18. The zero-order chi connectivity index (χ0) is 23.5. The average Bonchev–Trinajstić information content (AvgIpc) is 3.16. The maximum absolute atomic E-state index is 12.6. The molecule has 1 amide bonds. The van der Waals surface area contributed by atoms with E-state index in [1.807, 2.05) is 25.7 Å². The van der Waals surface area contributed by atoms with Crippen molar-refractivity contribution in [3.05, 3.63) is 22.9 Å². The van der Waals surface area contributed by atoms with Gasteiger partial charge in [0, 0.05) is 38.0 Å². The average molecular weight is 441 g/mol. The summed E-state index contributed by atoms with van der Waals surface area (Å²) >= 11 is 0. The number of piperidine rings is 1. The van der Waals surface area contributed by atoms with Crippen molar-refractivity contribution in [2.75, 3.05) is 24.5 Å². The number of esters is 1. The van der Waals surface area contributed by atoms with Gasteiger partial charge in [0.1, 0.15) is 17.5 Å². The van der Waals surface area contributed by atoms with Crippen LogP contribution in [0.15, 0.2) is 6.07 Å². The zero-order valence-corrected chi connectivity index (χ0v) is 19.4. The summed E-state index contributed by atoms with van der Waals surface area (Å²) in [7, 11) is 0. The minimum absolute atomic E-state index is 0.0609. The van der Waals surface area contributed by atoms with Crippen LogP contribution in [0.4, 0.5) is 5.82 Å². The number of amides is 1. The molecular formula is C24H32N4O4. The number of hydrogen-bond donors (Lipinski definition) is 0. The number of Topliss-reactive ketones (excluding diaryl/α,β-unsaturated/α-hetero) is 1. The Morgan fingerprint density at radius 1 is 1.25 bits per heavy atom. The Hall–Kier alpha value is -2.95. The second-order valence-electron chi connectivity index (χ2n) is 9.46. The lowest BCUT2D eigenvalue weighted by atomic mass is 9.96. The van der Waals surface area contributed by atoms with Crippen LogP contribution in [0, 0.1) is 17.2 Å². The monoisotopic (exact) mass is 440 g/mol. The van der Waals surface area contributed by atoms with E-state index >= 15 is 0 Å². The van der Waals surface area contributed by atoms with Crippen molar-refractivity contribution in [1.29, 1.82) is 5.26 Å². The second kappa shape index (κ2) is 9.68. The summed E-state index contributed by atoms with van der Waals surface area (Å²) in [6.07, 6.45) is 2.83. The van der Waals surface area contributed by atoms with Crippen molar-refractivity contribution in [3.63, 3.8) is 0 Å². The SMILES string of the molecule is CCC(=O)c1cc(C#N)c(N2CCC(C(=O)OC(C)(C)C)CC2)nc1CN1CCCC1=O. The van der Waals surface area contributed by atoms with Crippen LogP contribution < -0.4 is 4.90 Å². The molecule has 0 aromatic carbocycles. The van der Waals surface area contributed by atoms with Gasteiger partial charge in [0.15, 0.2) is 5.78 Å². The summed E-state index contributed by atoms with van der Waals surface area (Å²) in [5, 5.41) is 9.75. The highest BCUT2D eigenvalue weighted by atomic mass is 16.6. The van der Waals surface area contributed by atoms with Crippen molar-refractivity contribution < 1.29 is 19.1 Å². The Morgan fingerprint density at radius 2 is 1.94 bits per heavy atom. The highest BCUT2D eigenvalue weighted by molar-refractivity contribution is 5.97. The number of ether oxygens (including phenoxy) is 1. The third-order valence-corrected chi connectivity index (χ3v) is 5.87. The Balaban J connectivity index is 1.84. The number of carbonyl (C=O) groups excluding carboxylic acids is 3. The number of likely N-dealkylation sites (tertiary alicyclic amines) is 1. The van der Waals surface area contributed by atoms with Crippen molar-refractivity contribution in [1.82, 2.24) is 9.88 Å². The van der Waals surface area contributed by atoms with Gasteiger partial charge in [-0.25, -0.2) is 4.98 Å². The van der Waals surface area contributed by atoms with E-state index in [-0.39, 0.29) is 30.1 Å². The van der Waals surface area contributed by atoms with E-state index in [9.17, 15) is 19.6 Å². The molecule has 2 aliphatic heterocycles. The van der Waals surface area contributed by atoms with E-state index in [1.165, 1.54) is 0 Å². The number of nitrogens with zero attached hydrogens (tertiary/aromatic N) is 4. The van der Waals surface area contributed by atoms with Crippen LogP contribution in [-0.4, -0.2) is 52.8 Å². The minimum atomic E-state index is -0.521. The van der Waals surface area contributed by atoms with Gasteiger partial charge in [-0.15, -0.1) is 0 Å². The van der Waals surface area contributed by atoms with E-state index in [1.54, 1.807) is 17.9 Å². The fourth-order valence-electron chi connectivity index (χ4n) is 4.18. The number of ketones is 1. The van der Waals surface area contributed by atoms with Gasteiger partial charge in [-0.05, 0) is 46.1 Å².